The number of fused-ring (bicyclic) bond motifs is 7. The monoisotopic (exact) mass is 570 g/mol. The van der Waals surface area contributed by atoms with Crippen LogP contribution in [0.15, 0.2) is 41.5 Å². The molecule has 1 aliphatic carbocycles. The van der Waals surface area contributed by atoms with Crippen LogP contribution in [0.25, 0.3) is 11.3 Å². The summed E-state index contributed by atoms with van der Waals surface area (Å²) in [5.74, 6) is 2.12. The number of carbonyl (C=O) groups excluding carboxylic acids is 1. The number of amides is 1. The number of aryl methyl sites for hydroxylation is 2. The summed E-state index contributed by atoms with van der Waals surface area (Å²) >= 11 is 0. The minimum Gasteiger partial charge on any atom is -0.477 e. The molecule has 2 bridgehead atoms. The highest BCUT2D eigenvalue weighted by Gasteiger charge is 2.36. The molecule has 2 aromatic heterocycles. The molecule has 1 aromatic carbocycles. The number of aromatic nitrogens is 3. The molecule has 222 valence electrons. The van der Waals surface area contributed by atoms with Gasteiger partial charge in [0.05, 0.1) is 35.4 Å². The van der Waals surface area contributed by atoms with Gasteiger partial charge in [0.15, 0.2) is 0 Å². The maximum atomic E-state index is 13.7. The highest BCUT2D eigenvalue weighted by atomic mass is 16.5. The van der Waals surface area contributed by atoms with Crippen LogP contribution in [0.2, 0.25) is 0 Å². The molecule has 1 saturated carbocycles. The molecule has 42 heavy (non-hydrogen) atoms. The summed E-state index contributed by atoms with van der Waals surface area (Å²) < 4.78 is 8.02. The van der Waals surface area contributed by atoms with Crippen LogP contribution >= 0.6 is 0 Å². The van der Waals surface area contributed by atoms with Crippen LogP contribution in [-0.4, -0.2) is 70.9 Å². The van der Waals surface area contributed by atoms with Crippen molar-refractivity contribution in [2.45, 2.75) is 46.5 Å². The molecular formula is C32H42N8O2. The van der Waals surface area contributed by atoms with Gasteiger partial charge >= 0.3 is 0 Å². The van der Waals surface area contributed by atoms with Gasteiger partial charge in [-0.15, -0.1) is 0 Å². The van der Waals surface area contributed by atoms with E-state index < -0.39 is 0 Å². The number of aliphatic imine (C=N–C) groups is 1. The predicted octanol–water partition coefficient (Wildman–Crippen LogP) is 5.17. The molecule has 6 rings (SSSR count). The summed E-state index contributed by atoms with van der Waals surface area (Å²) in [5.41, 5.74) is 5.78. The van der Waals surface area contributed by atoms with Crippen molar-refractivity contribution in [3.8, 4) is 17.1 Å². The molecule has 2 aliphatic heterocycles. The predicted molar refractivity (Wildman–Crippen MR) is 168 cm³/mol. The molecule has 0 saturated heterocycles. The number of likely N-dealkylation sites (N-methyl/N-ethyl adjacent to an activating group) is 1. The Hall–Kier alpha value is -3.92. The number of ether oxygens (including phenoxy) is 1. The molecule has 3 aromatic rings. The number of anilines is 3. The van der Waals surface area contributed by atoms with E-state index in [1.807, 2.05) is 14.0 Å². The van der Waals surface area contributed by atoms with Crippen LogP contribution in [0.3, 0.4) is 0 Å². The van der Waals surface area contributed by atoms with E-state index in [-0.39, 0.29) is 5.91 Å². The normalized spacial score (nSPS) is 19.9. The van der Waals surface area contributed by atoms with E-state index in [1.54, 1.807) is 23.0 Å². The lowest BCUT2D eigenvalue weighted by atomic mass is 9.97. The van der Waals surface area contributed by atoms with E-state index >= 15 is 0 Å². The second-order valence-corrected chi connectivity index (χ2v) is 11.6. The first-order valence-electron chi connectivity index (χ1n) is 15.3. The number of carbonyl (C=O) groups is 1. The lowest BCUT2D eigenvalue weighted by Crippen LogP contribution is -2.36. The van der Waals surface area contributed by atoms with Crippen LogP contribution in [0.5, 0.6) is 5.88 Å². The zero-order chi connectivity index (χ0) is 29.2. The van der Waals surface area contributed by atoms with E-state index in [9.17, 15) is 4.79 Å². The number of rotatable bonds is 7. The Morgan fingerprint density at radius 1 is 1.12 bits per heavy atom. The molecule has 10 heteroatoms. The first-order valence-corrected chi connectivity index (χ1v) is 15.3. The fourth-order valence-corrected chi connectivity index (χ4v) is 6.10. The molecule has 0 unspecified atom stereocenters. The van der Waals surface area contributed by atoms with Gasteiger partial charge in [0.1, 0.15) is 0 Å². The van der Waals surface area contributed by atoms with E-state index in [4.69, 9.17) is 9.72 Å². The zero-order valence-electron chi connectivity index (χ0n) is 25.2. The quantitative estimate of drug-likeness (QED) is 0.401. The maximum absolute atomic E-state index is 13.7. The lowest BCUT2D eigenvalue weighted by molar-refractivity contribution is 0.100. The van der Waals surface area contributed by atoms with Gasteiger partial charge in [0.2, 0.25) is 11.8 Å². The minimum absolute atomic E-state index is 0.302. The van der Waals surface area contributed by atoms with Crippen molar-refractivity contribution in [2.24, 2.45) is 23.9 Å². The second-order valence-electron chi connectivity index (χ2n) is 11.6. The summed E-state index contributed by atoms with van der Waals surface area (Å²) in [4.78, 5) is 27.7. The highest BCUT2D eigenvalue weighted by molar-refractivity contribution is 6.19. The molecule has 1 atom stereocenters. The Morgan fingerprint density at radius 2 is 1.95 bits per heavy atom. The maximum Gasteiger partial charge on any atom is 0.280 e. The molecular weight excluding hydrogens is 528 g/mol. The van der Waals surface area contributed by atoms with Gasteiger partial charge < -0.3 is 25.2 Å². The zero-order valence-corrected chi connectivity index (χ0v) is 25.2. The fourth-order valence-electron chi connectivity index (χ4n) is 6.10. The molecule has 3 aliphatic rings. The lowest BCUT2D eigenvalue weighted by Gasteiger charge is -2.26. The van der Waals surface area contributed by atoms with Crippen LogP contribution in [0.1, 0.15) is 55.6 Å². The van der Waals surface area contributed by atoms with Crippen LogP contribution in [0, 0.1) is 18.8 Å². The van der Waals surface area contributed by atoms with Crippen molar-refractivity contribution in [1.29, 1.82) is 0 Å². The highest BCUT2D eigenvalue weighted by Crippen LogP contribution is 2.43. The molecule has 1 fully saturated rings. The Bertz CT molecular complexity index is 1470. The van der Waals surface area contributed by atoms with Gasteiger partial charge in [0.25, 0.3) is 5.91 Å². The van der Waals surface area contributed by atoms with Crippen LogP contribution < -0.4 is 20.3 Å². The molecule has 0 spiro atoms. The van der Waals surface area contributed by atoms with Crippen LogP contribution in [0.4, 0.5) is 17.1 Å². The summed E-state index contributed by atoms with van der Waals surface area (Å²) in [5, 5.41) is 11.5. The first-order chi connectivity index (χ1) is 20.4. The topological polar surface area (TPSA) is 99.9 Å². The molecule has 1 amide bonds. The van der Waals surface area contributed by atoms with Gasteiger partial charge in [-0.1, -0.05) is 13.8 Å². The molecule has 0 radical (unpaired) electrons. The smallest absolute Gasteiger partial charge is 0.280 e. The summed E-state index contributed by atoms with van der Waals surface area (Å²) in [6.07, 6.45) is 6.23. The average molecular weight is 571 g/mol. The average Bonchev–Trinajstić information content (AvgIpc) is 3.69. The Kier molecular flexibility index (Phi) is 8.15. The number of guanidine groups is 1. The third-order valence-electron chi connectivity index (χ3n) is 8.67. The third kappa shape index (κ3) is 5.99. The summed E-state index contributed by atoms with van der Waals surface area (Å²) in [7, 11) is 1.87. The van der Waals surface area contributed by atoms with E-state index in [1.165, 1.54) is 12.8 Å². The van der Waals surface area contributed by atoms with Crippen molar-refractivity contribution in [3.63, 3.8) is 0 Å². The fraction of sp³-hybridized carbons (Fsp3) is 0.500. The van der Waals surface area contributed by atoms with Crippen molar-refractivity contribution >= 4 is 28.9 Å². The van der Waals surface area contributed by atoms with Gasteiger partial charge in [-0.05, 0) is 87.9 Å². The number of nitrogens with zero attached hydrogens (tertiary/aromatic N) is 6. The number of nitrogens with one attached hydrogen (secondary N) is 2. The molecule has 4 heterocycles. The minimum atomic E-state index is -0.302. The van der Waals surface area contributed by atoms with Gasteiger partial charge in [0, 0.05) is 43.6 Å². The molecule has 10 nitrogen and oxygen atoms in total. The second kappa shape index (κ2) is 12.1. The first kappa shape index (κ1) is 28.2. The SMILES string of the molecule is CCN(CC)CCNc1ccc2c(c1)N1C[C@H](C3CC3)CCCOc3c(cnn3C)-c3cc(cc(C)n3)C(=O)/N=C/1N2. The van der Waals surface area contributed by atoms with Gasteiger partial charge in [-0.3, -0.25) is 9.78 Å². The Morgan fingerprint density at radius 3 is 2.74 bits per heavy atom. The van der Waals surface area contributed by atoms with Crippen molar-refractivity contribution in [3.05, 3.63) is 47.8 Å². The van der Waals surface area contributed by atoms with Crippen molar-refractivity contribution in [2.75, 3.05) is 54.9 Å². The molecule has 2 N–H and O–H groups in total. The Labute approximate surface area is 248 Å². The standard InChI is InChI=1S/C32H42N8O2/c1-5-39(6-2)14-13-33-25-11-12-27-29(18-25)40-20-23(22-9-10-22)8-7-15-42-31-26(19-34-38(31)4)28-17-24(16-21(3)35-28)30(41)37-32(40)36-27/h11-12,16-19,22-23,33H,5-10,13-15,20H2,1-4H3,(H,36,37,41)/t23-/m1/s1. The number of hydrogen-bond donors (Lipinski definition) is 2. The summed E-state index contributed by atoms with van der Waals surface area (Å²) in [6, 6.07) is 9.97. The van der Waals surface area contributed by atoms with E-state index in [2.05, 4.69) is 62.6 Å². The number of hydrogen-bond acceptors (Lipinski definition) is 8. The third-order valence-corrected chi connectivity index (χ3v) is 8.67. The van der Waals surface area contributed by atoms with E-state index in [0.29, 0.717) is 41.5 Å². The van der Waals surface area contributed by atoms with E-state index in [0.717, 1.165) is 73.9 Å². The Balaban J connectivity index is 1.34. The van der Waals surface area contributed by atoms with Crippen LogP contribution in [-0.2, 0) is 7.05 Å². The van der Waals surface area contributed by atoms with Gasteiger partial charge in [-0.2, -0.15) is 10.1 Å². The van der Waals surface area contributed by atoms with Crippen molar-refractivity contribution in [1.82, 2.24) is 19.7 Å². The number of pyridine rings is 1. The largest absolute Gasteiger partial charge is 0.477 e. The van der Waals surface area contributed by atoms with Gasteiger partial charge in [-0.25, -0.2) is 4.68 Å². The van der Waals surface area contributed by atoms with Crippen molar-refractivity contribution < 1.29 is 9.53 Å². The number of benzene rings is 1. The summed E-state index contributed by atoms with van der Waals surface area (Å²) in [6.45, 7) is 11.6.